The summed E-state index contributed by atoms with van der Waals surface area (Å²) in [5.74, 6) is 0. The second-order valence-corrected chi connectivity index (χ2v) is 4.10. The fourth-order valence-electron chi connectivity index (χ4n) is 2.37. The Morgan fingerprint density at radius 1 is 0.941 bits per heavy atom. The highest BCUT2D eigenvalue weighted by Crippen LogP contribution is 2.30. The molecule has 4 aromatic rings. The third kappa shape index (κ3) is 1.11. The maximum absolute atomic E-state index is 4.62. The van der Waals surface area contributed by atoms with Gasteiger partial charge in [0.15, 0.2) is 0 Å². The van der Waals surface area contributed by atoms with Crippen molar-refractivity contribution < 1.29 is 0 Å². The predicted octanol–water partition coefficient (Wildman–Crippen LogP) is 3.26. The summed E-state index contributed by atoms with van der Waals surface area (Å²) < 4.78 is 0. The van der Waals surface area contributed by atoms with E-state index in [0.29, 0.717) is 0 Å². The van der Waals surface area contributed by atoms with Crippen LogP contribution in [-0.2, 0) is 0 Å². The molecule has 0 bridgehead atoms. The molecule has 0 unspecified atom stereocenters. The van der Waals surface area contributed by atoms with Gasteiger partial charge in [0, 0.05) is 22.4 Å². The standard InChI is InChI=1S/C14H9N3/c1-2-4-11-10(3-1)13-12(17-11)6-5-9-7-15-8-16-14(9)13/h1-8H,(H,15,16). The minimum absolute atomic E-state index is 1.03. The molecule has 3 heteroatoms. The van der Waals surface area contributed by atoms with Crippen LogP contribution < -0.4 is 0 Å². The van der Waals surface area contributed by atoms with Gasteiger partial charge in [0.25, 0.3) is 0 Å². The molecule has 17 heavy (non-hydrogen) atoms. The molecule has 3 nitrogen and oxygen atoms in total. The molecule has 0 fully saturated rings. The van der Waals surface area contributed by atoms with Crippen LogP contribution in [0.25, 0.3) is 32.7 Å². The minimum atomic E-state index is 1.03. The summed E-state index contributed by atoms with van der Waals surface area (Å²) in [5, 5.41) is 3.48. The lowest BCUT2D eigenvalue weighted by Crippen LogP contribution is -1.81. The maximum Gasteiger partial charge on any atom is 0.0923 e. The van der Waals surface area contributed by atoms with Gasteiger partial charge in [-0.05, 0) is 18.2 Å². The quantitative estimate of drug-likeness (QED) is 0.493. The summed E-state index contributed by atoms with van der Waals surface area (Å²) in [6.45, 7) is 0. The Balaban J connectivity index is 2.38. The average molecular weight is 219 g/mol. The molecule has 0 radical (unpaired) electrons. The molecule has 0 atom stereocenters. The van der Waals surface area contributed by atoms with Gasteiger partial charge >= 0.3 is 0 Å². The number of fused-ring (bicyclic) bond motifs is 5. The Bertz CT molecular complexity index is 840. The Kier molecular flexibility index (Phi) is 1.56. The largest absolute Gasteiger partial charge is 0.345 e. The van der Waals surface area contributed by atoms with Gasteiger partial charge in [-0.25, -0.2) is 9.97 Å². The van der Waals surface area contributed by atoms with Gasteiger partial charge in [0.2, 0.25) is 0 Å². The van der Waals surface area contributed by atoms with Crippen molar-refractivity contribution in [3.8, 4) is 0 Å². The number of aromatic nitrogens is 3. The van der Waals surface area contributed by atoms with E-state index >= 15 is 0 Å². The summed E-state index contributed by atoms with van der Waals surface area (Å²) >= 11 is 0. The van der Waals surface area contributed by atoms with Crippen LogP contribution in [0.4, 0.5) is 0 Å². The number of nitrogens with zero attached hydrogens (tertiary/aromatic N) is 2. The average Bonchev–Trinajstić information content (AvgIpc) is 2.77. The molecule has 0 aliphatic carbocycles. The van der Waals surface area contributed by atoms with Crippen LogP contribution in [0.3, 0.4) is 0 Å². The second kappa shape index (κ2) is 3.04. The first kappa shape index (κ1) is 8.70. The van der Waals surface area contributed by atoms with Crippen molar-refractivity contribution in [1.29, 1.82) is 0 Å². The van der Waals surface area contributed by atoms with Crippen molar-refractivity contribution in [2.24, 2.45) is 0 Å². The highest BCUT2D eigenvalue weighted by molar-refractivity contribution is 6.18. The first-order valence-corrected chi connectivity index (χ1v) is 5.53. The molecule has 2 aromatic heterocycles. The zero-order valence-corrected chi connectivity index (χ0v) is 9.01. The predicted molar refractivity (Wildman–Crippen MR) is 68.9 cm³/mol. The van der Waals surface area contributed by atoms with Crippen molar-refractivity contribution in [2.45, 2.75) is 0 Å². The first-order valence-electron chi connectivity index (χ1n) is 5.53. The molecule has 0 aliphatic heterocycles. The molecule has 0 amide bonds. The molecule has 0 saturated carbocycles. The van der Waals surface area contributed by atoms with Crippen LogP contribution in [0.2, 0.25) is 0 Å². The van der Waals surface area contributed by atoms with E-state index < -0.39 is 0 Å². The number of aromatic amines is 1. The first-order chi connectivity index (χ1) is 8.43. The fourth-order valence-corrected chi connectivity index (χ4v) is 2.37. The summed E-state index contributed by atoms with van der Waals surface area (Å²) in [4.78, 5) is 12.0. The number of benzene rings is 2. The highest BCUT2D eigenvalue weighted by Gasteiger charge is 2.08. The number of H-pyrrole nitrogens is 1. The number of rotatable bonds is 0. The van der Waals surface area contributed by atoms with E-state index in [4.69, 9.17) is 0 Å². The summed E-state index contributed by atoms with van der Waals surface area (Å²) in [6.07, 6.45) is 3.58. The van der Waals surface area contributed by atoms with Gasteiger partial charge in [-0.3, -0.25) is 0 Å². The number of hydrogen-bond donors (Lipinski definition) is 1. The van der Waals surface area contributed by atoms with Crippen LogP contribution in [0, 0.1) is 0 Å². The fraction of sp³-hybridized carbons (Fsp3) is 0. The van der Waals surface area contributed by atoms with Crippen LogP contribution in [-0.4, -0.2) is 15.0 Å². The minimum Gasteiger partial charge on any atom is -0.345 e. The molecule has 2 aromatic carbocycles. The van der Waals surface area contributed by atoms with E-state index in [1.807, 2.05) is 36.5 Å². The van der Waals surface area contributed by atoms with E-state index in [2.05, 4.69) is 21.0 Å². The van der Waals surface area contributed by atoms with Gasteiger partial charge in [0.05, 0.1) is 22.9 Å². The Morgan fingerprint density at radius 2 is 1.88 bits per heavy atom. The Labute approximate surface area is 97.1 Å². The molecular formula is C14H9N3. The van der Waals surface area contributed by atoms with Crippen molar-refractivity contribution >= 4 is 32.7 Å². The molecular weight excluding hydrogens is 210 g/mol. The smallest absolute Gasteiger partial charge is 0.0923 e. The second-order valence-electron chi connectivity index (χ2n) is 4.10. The summed E-state index contributed by atoms with van der Waals surface area (Å²) in [7, 11) is 0. The van der Waals surface area contributed by atoms with Crippen LogP contribution in [0.15, 0.2) is 48.9 Å². The van der Waals surface area contributed by atoms with Crippen molar-refractivity contribution in [3.63, 3.8) is 0 Å². The molecule has 80 valence electrons. The van der Waals surface area contributed by atoms with Crippen molar-refractivity contribution in [3.05, 3.63) is 48.9 Å². The van der Waals surface area contributed by atoms with E-state index in [1.54, 1.807) is 6.33 Å². The van der Waals surface area contributed by atoms with E-state index in [1.165, 1.54) is 10.8 Å². The number of hydrogen-bond acceptors (Lipinski definition) is 2. The molecule has 4 rings (SSSR count). The summed E-state index contributed by atoms with van der Waals surface area (Å²) in [5.41, 5.74) is 3.17. The molecule has 0 spiro atoms. The van der Waals surface area contributed by atoms with Crippen LogP contribution in [0.1, 0.15) is 0 Å². The van der Waals surface area contributed by atoms with Gasteiger partial charge in [-0.1, -0.05) is 18.2 Å². The molecule has 0 aliphatic rings. The molecule has 0 saturated heterocycles. The SMILES string of the molecule is c1ccc2c(c1)nc1ccc3cnc[nH]c3c12. The number of para-hydroxylation sites is 1. The van der Waals surface area contributed by atoms with Crippen LogP contribution >= 0.6 is 0 Å². The molecule has 2 heterocycles. The lowest BCUT2D eigenvalue weighted by atomic mass is 10.1. The van der Waals surface area contributed by atoms with Crippen LogP contribution in [0.5, 0.6) is 0 Å². The maximum atomic E-state index is 4.62. The van der Waals surface area contributed by atoms with Gasteiger partial charge in [0.1, 0.15) is 0 Å². The normalized spacial score (nSPS) is 11.5. The third-order valence-corrected chi connectivity index (χ3v) is 3.13. The lowest BCUT2D eigenvalue weighted by molar-refractivity contribution is 1.23. The topological polar surface area (TPSA) is 41.6 Å². The van der Waals surface area contributed by atoms with Gasteiger partial charge in [-0.15, -0.1) is 0 Å². The van der Waals surface area contributed by atoms with E-state index in [9.17, 15) is 0 Å². The monoisotopic (exact) mass is 219 g/mol. The zero-order chi connectivity index (χ0) is 11.2. The number of nitrogens with one attached hydrogen (secondary N) is 1. The highest BCUT2D eigenvalue weighted by atomic mass is 14.8. The van der Waals surface area contributed by atoms with E-state index in [0.717, 1.165) is 21.9 Å². The lowest BCUT2D eigenvalue weighted by Gasteiger charge is -1.98. The molecule has 1 N–H and O–H groups in total. The Hall–Kier alpha value is -2.42. The van der Waals surface area contributed by atoms with Crippen molar-refractivity contribution in [1.82, 2.24) is 15.0 Å². The third-order valence-electron chi connectivity index (χ3n) is 3.13. The van der Waals surface area contributed by atoms with E-state index in [-0.39, 0.29) is 0 Å². The summed E-state index contributed by atoms with van der Waals surface area (Å²) in [6, 6.07) is 12.3. The van der Waals surface area contributed by atoms with Gasteiger partial charge < -0.3 is 4.98 Å². The van der Waals surface area contributed by atoms with Gasteiger partial charge in [-0.2, -0.15) is 0 Å². The Morgan fingerprint density at radius 3 is 2.88 bits per heavy atom. The zero-order valence-electron chi connectivity index (χ0n) is 9.01. The van der Waals surface area contributed by atoms with Crippen molar-refractivity contribution in [2.75, 3.05) is 0 Å².